The van der Waals surface area contributed by atoms with Crippen LogP contribution >= 0.6 is 0 Å². The predicted molar refractivity (Wildman–Crippen MR) is 62.2 cm³/mol. The maximum Gasteiger partial charge on any atom is 0.116 e. The van der Waals surface area contributed by atoms with Crippen molar-refractivity contribution < 1.29 is 5.11 Å². The molecule has 0 spiro atoms. The minimum atomic E-state index is -0.668. The molecule has 0 saturated heterocycles. The van der Waals surface area contributed by atoms with Gasteiger partial charge in [-0.05, 0) is 32.6 Å². The summed E-state index contributed by atoms with van der Waals surface area (Å²) in [5.41, 5.74) is -0.861. The van der Waals surface area contributed by atoms with Crippen molar-refractivity contribution in [2.24, 2.45) is 0 Å². The van der Waals surface area contributed by atoms with Crippen molar-refractivity contribution in [2.45, 2.75) is 50.3 Å². The van der Waals surface area contributed by atoms with E-state index in [1.165, 1.54) is 6.42 Å². The first-order chi connectivity index (χ1) is 7.12. The monoisotopic (exact) mass is 206 g/mol. The van der Waals surface area contributed by atoms with Crippen LogP contribution in [0.4, 0.5) is 0 Å². The normalized spacial score (nSPS) is 27.9. The predicted octanol–water partition coefficient (Wildman–Crippen LogP) is 2.32. The Kier molecular flexibility index (Phi) is 2.98. The minimum Gasteiger partial charge on any atom is -0.376 e. The fourth-order valence-electron chi connectivity index (χ4n) is 2.48. The number of nitrogens with one attached hydrogen (secondary N) is 1. The molecule has 15 heavy (non-hydrogen) atoms. The lowest BCUT2D eigenvalue weighted by Gasteiger charge is -2.40. The molecular formula is C13H20NO. The van der Waals surface area contributed by atoms with Crippen molar-refractivity contribution in [3.05, 3.63) is 30.7 Å². The summed E-state index contributed by atoms with van der Waals surface area (Å²) in [7, 11) is 0. The molecule has 2 N–H and O–H groups in total. The van der Waals surface area contributed by atoms with Gasteiger partial charge in [-0.3, -0.25) is 5.32 Å². The highest BCUT2D eigenvalue weighted by Crippen LogP contribution is 2.29. The molecule has 1 saturated carbocycles. The lowest BCUT2D eigenvalue weighted by atomic mass is 9.87. The quantitative estimate of drug-likeness (QED) is 0.680. The van der Waals surface area contributed by atoms with Crippen molar-refractivity contribution >= 4 is 0 Å². The van der Waals surface area contributed by atoms with Crippen LogP contribution in [0.3, 0.4) is 0 Å². The van der Waals surface area contributed by atoms with E-state index in [-0.39, 0.29) is 5.54 Å². The molecule has 0 aromatic carbocycles. The second-order valence-electron chi connectivity index (χ2n) is 4.91. The molecule has 2 aliphatic rings. The topological polar surface area (TPSA) is 32.3 Å². The first-order valence-corrected chi connectivity index (χ1v) is 5.84. The first kappa shape index (κ1) is 10.9. The van der Waals surface area contributed by atoms with Crippen LogP contribution in [0.5, 0.6) is 0 Å². The third-order valence-electron chi connectivity index (χ3n) is 3.29. The molecule has 0 bridgehead atoms. The van der Waals surface area contributed by atoms with Crippen LogP contribution < -0.4 is 5.32 Å². The van der Waals surface area contributed by atoms with Gasteiger partial charge in [-0.2, -0.15) is 0 Å². The SMILES string of the molecule is CC1(NC2(O)CCCCC2)C=C[CH]C=C1. The second-order valence-corrected chi connectivity index (χ2v) is 4.91. The Morgan fingerprint density at radius 1 is 1.07 bits per heavy atom. The standard InChI is InChI=1S/C13H20NO/c1-12(8-4-2-5-9-12)14-13(15)10-6-3-7-11-13/h2,4-5,8-9,14-15H,3,6-7,10-11H2,1H3. The molecule has 1 radical (unpaired) electrons. The summed E-state index contributed by atoms with van der Waals surface area (Å²) in [6.45, 7) is 2.10. The molecule has 83 valence electrons. The molecule has 2 heteroatoms. The van der Waals surface area contributed by atoms with Gasteiger partial charge in [-0.25, -0.2) is 0 Å². The molecule has 2 nitrogen and oxygen atoms in total. The molecule has 0 aromatic rings. The highest BCUT2D eigenvalue weighted by Gasteiger charge is 2.34. The Bertz CT molecular complexity index is 262. The highest BCUT2D eigenvalue weighted by atomic mass is 16.3. The molecular weight excluding hydrogens is 186 g/mol. The molecule has 0 heterocycles. The number of rotatable bonds is 2. The largest absolute Gasteiger partial charge is 0.376 e. The molecule has 1 fully saturated rings. The third-order valence-corrected chi connectivity index (χ3v) is 3.29. The summed E-state index contributed by atoms with van der Waals surface area (Å²) in [6, 6.07) is 0. The van der Waals surface area contributed by atoms with Gasteiger partial charge in [0, 0.05) is 6.42 Å². The fourth-order valence-corrected chi connectivity index (χ4v) is 2.48. The van der Waals surface area contributed by atoms with Gasteiger partial charge in [-0.1, -0.05) is 30.7 Å². The molecule has 0 aliphatic heterocycles. The average molecular weight is 206 g/mol. The van der Waals surface area contributed by atoms with E-state index in [0.29, 0.717) is 0 Å². The summed E-state index contributed by atoms with van der Waals surface area (Å²) < 4.78 is 0. The molecule has 0 amide bonds. The second kappa shape index (κ2) is 4.11. The summed E-state index contributed by atoms with van der Waals surface area (Å²) >= 11 is 0. The summed E-state index contributed by atoms with van der Waals surface area (Å²) in [5.74, 6) is 0. The van der Waals surface area contributed by atoms with Crippen LogP contribution in [0, 0.1) is 6.42 Å². The third kappa shape index (κ3) is 2.70. The van der Waals surface area contributed by atoms with Gasteiger partial charge in [0.25, 0.3) is 0 Å². The number of hydrogen-bond acceptors (Lipinski definition) is 2. The Balaban J connectivity index is 2.02. The Morgan fingerprint density at radius 2 is 1.67 bits per heavy atom. The van der Waals surface area contributed by atoms with Gasteiger partial charge in [0.15, 0.2) is 0 Å². The summed E-state index contributed by atoms with van der Waals surface area (Å²) in [4.78, 5) is 0. The summed E-state index contributed by atoms with van der Waals surface area (Å²) in [6.07, 6.45) is 15.5. The van der Waals surface area contributed by atoms with Crippen LogP contribution in [0.15, 0.2) is 24.3 Å². The van der Waals surface area contributed by atoms with Crippen LogP contribution in [-0.4, -0.2) is 16.4 Å². The lowest BCUT2D eigenvalue weighted by Crippen LogP contribution is -2.56. The highest BCUT2D eigenvalue weighted by molar-refractivity contribution is 5.28. The van der Waals surface area contributed by atoms with Crippen LogP contribution in [0.2, 0.25) is 0 Å². The van der Waals surface area contributed by atoms with Crippen molar-refractivity contribution in [1.82, 2.24) is 5.32 Å². The van der Waals surface area contributed by atoms with E-state index in [0.717, 1.165) is 25.7 Å². The smallest absolute Gasteiger partial charge is 0.116 e. The van der Waals surface area contributed by atoms with Crippen LogP contribution in [0.25, 0.3) is 0 Å². The van der Waals surface area contributed by atoms with E-state index in [1.54, 1.807) is 0 Å². The molecule has 2 rings (SSSR count). The average Bonchev–Trinajstić information content (AvgIpc) is 2.18. The zero-order chi connectivity index (χ0) is 10.8. The molecule has 0 aromatic heterocycles. The van der Waals surface area contributed by atoms with E-state index in [2.05, 4.69) is 24.4 Å². The van der Waals surface area contributed by atoms with E-state index in [4.69, 9.17) is 0 Å². The van der Waals surface area contributed by atoms with Crippen molar-refractivity contribution in [3.8, 4) is 0 Å². The van der Waals surface area contributed by atoms with Gasteiger partial charge in [-0.15, -0.1) is 0 Å². The van der Waals surface area contributed by atoms with E-state index in [1.807, 2.05) is 18.6 Å². The van der Waals surface area contributed by atoms with E-state index in [9.17, 15) is 5.11 Å². The minimum absolute atomic E-state index is 0.194. The Hall–Kier alpha value is -0.600. The maximum atomic E-state index is 10.4. The Labute approximate surface area is 92.1 Å². The van der Waals surface area contributed by atoms with Crippen molar-refractivity contribution in [2.75, 3.05) is 0 Å². The summed E-state index contributed by atoms with van der Waals surface area (Å²) in [5, 5.41) is 13.8. The van der Waals surface area contributed by atoms with E-state index < -0.39 is 5.72 Å². The van der Waals surface area contributed by atoms with E-state index >= 15 is 0 Å². The molecule has 0 atom stereocenters. The number of aliphatic hydroxyl groups is 1. The van der Waals surface area contributed by atoms with Crippen LogP contribution in [-0.2, 0) is 0 Å². The Morgan fingerprint density at radius 3 is 2.27 bits per heavy atom. The van der Waals surface area contributed by atoms with Gasteiger partial charge in [0.05, 0.1) is 5.54 Å². The fraction of sp³-hybridized carbons (Fsp3) is 0.615. The van der Waals surface area contributed by atoms with Crippen molar-refractivity contribution in [1.29, 1.82) is 0 Å². The van der Waals surface area contributed by atoms with Crippen LogP contribution in [0.1, 0.15) is 39.0 Å². The molecule has 0 unspecified atom stereocenters. The van der Waals surface area contributed by atoms with Gasteiger partial charge in [0.1, 0.15) is 5.72 Å². The zero-order valence-electron chi connectivity index (χ0n) is 9.37. The van der Waals surface area contributed by atoms with Crippen molar-refractivity contribution in [3.63, 3.8) is 0 Å². The van der Waals surface area contributed by atoms with Gasteiger partial charge >= 0.3 is 0 Å². The number of allylic oxidation sites excluding steroid dienone is 2. The molecule has 2 aliphatic carbocycles. The number of hydrogen-bond donors (Lipinski definition) is 2. The van der Waals surface area contributed by atoms with Gasteiger partial charge in [0.2, 0.25) is 0 Å². The van der Waals surface area contributed by atoms with Gasteiger partial charge < -0.3 is 5.11 Å². The first-order valence-electron chi connectivity index (χ1n) is 5.84. The zero-order valence-corrected chi connectivity index (χ0v) is 9.37. The lowest BCUT2D eigenvalue weighted by molar-refractivity contribution is -0.0399. The maximum absolute atomic E-state index is 10.4.